The molecule has 2 saturated heterocycles. The van der Waals surface area contributed by atoms with Gasteiger partial charge in [-0.2, -0.15) is 0 Å². The van der Waals surface area contributed by atoms with Gasteiger partial charge in [-0.05, 0) is 63.8 Å². The van der Waals surface area contributed by atoms with Gasteiger partial charge in [-0.15, -0.1) is 0 Å². The third-order valence-corrected chi connectivity index (χ3v) is 6.29. The van der Waals surface area contributed by atoms with Crippen molar-refractivity contribution in [1.82, 2.24) is 9.80 Å². The molecule has 2 fully saturated rings. The number of carbonyl (C=O) groups is 2. The summed E-state index contributed by atoms with van der Waals surface area (Å²) in [5.74, 6) is 1.15. The van der Waals surface area contributed by atoms with Crippen molar-refractivity contribution in [3.8, 4) is 5.75 Å². The summed E-state index contributed by atoms with van der Waals surface area (Å²) >= 11 is 6.02. The van der Waals surface area contributed by atoms with Gasteiger partial charge in [-0.3, -0.25) is 9.59 Å². The fourth-order valence-corrected chi connectivity index (χ4v) is 4.39. The Bertz CT molecular complexity index is 739. The summed E-state index contributed by atoms with van der Waals surface area (Å²) in [6.45, 7) is 9.08. The minimum absolute atomic E-state index is 0.0167. The molecule has 2 amide bonds. The molecule has 0 aromatic heterocycles. The minimum Gasteiger partial charge on any atom is -0.494 e. The number of rotatable bonds is 6. The molecule has 3 rings (SSSR count). The molecule has 2 unspecified atom stereocenters. The highest BCUT2D eigenvalue weighted by Crippen LogP contribution is 2.23. The number of benzene rings is 1. The van der Waals surface area contributed by atoms with E-state index in [9.17, 15) is 9.59 Å². The van der Waals surface area contributed by atoms with Crippen LogP contribution in [0.1, 0.15) is 45.1 Å². The maximum absolute atomic E-state index is 12.9. The van der Waals surface area contributed by atoms with Crippen molar-refractivity contribution in [1.29, 1.82) is 0 Å². The van der Waals surface area contributed by atoms with Crippen molar-refractivity contribution >= 4 is 23.4 Å². The van der Waals surface area contributed by atoms with Crippen molar-refractivity contribution in [2.45, 2.75) is 58.7 Å². The van der Waals surface area contributed by atoms with E-state index in [0.717, 1.165) is 29.2 Å². The van der Waals surface area contributed by atoms with E-state index >= 15 is 0 Å². The maximum atomic E-state index is 12.9. The van der Waals surface area contributed by atoms with Gasteiger partial charge in [0, 0.05) is 43.5 Å². The van der Waals surface area contributed by atoms with E-state index in [0.29, 0.717) is 45.6 Å². The lowest BCUT2D eigenvalue weighted by Crippen LogP contribution is -2.51. The molecule has 0 bridgehead atoms. The Morgan fingerprint density at radius 1 is 1.13 bits per heavy atom. The van der Waals surface area contributed by atoms with Gasteiger partial charge in [-0.25, -0.2) is 0 Å². The highest BCUT2D eigenvalue weighted by atomic mass is 35.5. The molecule has 166 valence electrons. The number of carbonyl (C=O) groups excluding carboxylic acids is 2. The van der Waals surface area contributed by atoms with Crippen LogP contribution in [0.4, 0.5) is 0 Å². The number of hydrogen-bond acceptors (Lipinski definition) is 4. The van der Waals surface area contributed by atoms with E-state index in [2.05, 4.69) is 0 Å². The largest absolute Gasteiger partial charge is 0.494 e. The van der Waals surface area contributed by atoms with Gasteiger partial charge in [0.2, 0.25) is 11.8 Å². The van der Waals surface area contributed by atoms with E-state index in [1.807, 2.05) is 48.8 Å². The van der Waals surface area contributed by atoms with E-state index in [4.69, 9.17) is 21.1 Å². The predicted octanol–water partition coefficient (Wildman–Crippen LogP) is 3.68. The Balaban J connectivity index is 1.36. The number of likely N-dealkylation sites (tertiary alicyclic amines) is 1. The number of morpholine rings is 1. The first-order chi connectivity index (χ1) is 14.3. The number of halogens is 1. The highest BCUT2D eigenvalue weighted by molar-refractivity contribution is 6.31. The molecule has 0 N–H and O–H groups in total. The lowest BCUT2D eigenvalue weighted by molar-refractivity contribution is -0.150. The summed E-state index contributed by atoms with van der Waals surface area (Å²) in [7, 11) is 0. The molecule has 2 atom stereocenters. The van der Waals surface area contributed by atoms with Crippen LogP contribution in [-0.2, 0) is 14.3 Å². The molecule has 2 aliphatic heterocycles. The molecule has 0 spiro atoms. The SMILES string of the molecule is Cc1cc(OCCCC(=O)N2CCC(C(=O)N3CC(C)OC(C)C3)CC2)ccc1Cl. The number of aryl methyl sites for hydroxylation is 1. The van der Waals surface area contributed by atoms with Gasteiger partial charge in [0.15, 0.2) is 0 Å². The molecular formula is C23H33ClN2O4. The van der Waals surface area contributed by atoms with Crippen LogP contribution in [0, 0.1) is 12.8 Å². The van der Waals surface area contributed by atoms with Gasteiger partial charge in [0.05, 0.1) is 18.8 Å². The zero-order valence-electron chi connectivity index (χ0n) is 18.2. The van der Waals surface area contributed by atoms with Crippen LogP contribution in [0.15, 0.2) is 18.2 Å². The van der Waals surface area contributed by atoms with Gasteiger partial charge < -0.3 is 19.3 Å². The molecule has 0 saturated carbocycles. The van der Waals surface area contributed by atoms with E-state index in [1.165, 1.54) is 0 Å². The summed E-state index contributed by atoms with van der Waals surface area (Å²) in [5.41, 5.74) is 0.976. The van der Waals surface area contributed by atoms with Gasteiger partial charge in [0.25, 0.3) is 0 Å². The van der Waals surface area contributed by atoms with Crippen LogP contribution in [0.2, 0.25) is 5.02 Å². The van der Waals surface area contributed by atoms with Crippen molar-refractivity contribution in [2.24, 2.45) is 5.92 Å². The quantitative estimate of drug-likeness (QED) is 0.638. The molecule has 30 heavy (non-hydrogen) atoms. The number of piperidine rings is 1. The third-order valence-electron chi connectivity index (χ3n) is 5.86. The van der Waals surface area contributed by atoms with Crippen LogP contribution < -0.4 is 4.74 Å². The summed E-state index contributed by atoms with van der Waals surface area (Å²) in [6.07, 6.45) is 2.78. The van der Waals surface area contributed by atoms with Gasteiger partial charge in [0.1, 0.15) is 5.75 Å². The number of amides is 2. The third kappa shape index (κ3) is 6.11. The van der Waals surface area contributed by atoms with Crippen LogP contribution in [0.3, 0.4) is 0 Å². The average Bonchev–Trinajstić information content (AvgIpc) is 2.72. The monoisotopic (exact) mass is 436 g/mol. The van der Waals surface area contributed by atoms with Crippen LogP contribution in [-0.4, -0.2) is 66.6 Å². The summed E-state index contributed by atoms with van der Waals surface area (Å²) < 4.78 is 11.4. The second-order valence-corrected chi connectivity index (χ2v) is 8.93. The highest BCUT2D eigenvalue weighted by Gasteiger charge is 2.33. The Morgan fingerprint density at radius 2 is 1.80 bits per heavy atom. The molecule has 6 nitrogen and oxygen atoms in total. The van der Waals surface area contributed by atoms with Crippen molar-refractivity contribution < 1.29 is 19.1 Å². The molecule has 7 heteroatoms. The summed E-state index contributed by atoms with van der Waals surface area (Å²) in [6, 6.07) is 5.57. The fourth-order valence-electron chi connectivity index (χ4n) is 4.27. The summed E-state index contributed by atoms with van der Waals surface area (Å²) in [4.78, 5) is 29.2. The molecule has 2 heterocycles. The fraction of sp³-hybridized carbons (Fsp3) is 0.652. The average molecular weight is 437 g/mol. The number of ether oxygens (including phenoxy) is 2. The summed E-state index contributed by atoms with van der Waals surface area (Å²) in [5, 5.41) is 0.719. The second kappa shape index (κ2) is 10.5. The smallest absolute Gasteiger partial charge is 0.225 e. The molecule has 1 aromatic carbocycles. The van der Waals surface area contributed by atoms with Crippen molar-refractivity contribution in [3.63, 3.8) is 0 Å². The first kappa shape index (κ1) is 22.9. The zero-order valence-corrected chi connectivity index (χ0v) is 19.0. The van der Waals surface area contributed by atoms with E-state index in [1.54, 1.807) is 0 Å². The van der Waals surface area contributed by atoms with Crippen molar-refractivity contribution in [3.05, 3.63) is 28.8 Å². The molecule has 2 aliphatic rings. The molecule has 0 radical (unpaired) electrons. The van der Waals surface area contributed by atoms with E-state index in [-0.39, 0.29) is 29.9 Å². The molecule has 0 aliphatic carbocycles. The van der Waals surface area contributed by atoms with E-state index < -0.39 is 0 Å². The Kier molecular flexibility index (Phi) is 8.00. The normalized spacial score (nSPS) is 22.8. The Morgan fingerprint density at radius 3 is 2.43 bits per heavy atom. The zero-order chi connectivity index (χ0) is 21.7. The Hall–Kier alpha value is -1.79. The number of nitrogens with zero attached hydrogens (tertiary/aromatic N) is 2. The van der Waals surface area contributed by atoms with Crippen molar-refractivity contribution in [2.75, 3.05) is 32.8 Å². The topological polar surface area (TPSA) is 59.1 Å². The first-order valence-electron chi connectivity index (χ1n) is 10.9. The van der Waals surface area contributed by atoms with Crippen LogP contribution in [0.5, 0.6) is 5.75 Å². The lowest BCUT2D eigenvalue weighted by Gasteiger charge is -2.39. The maximum Gasteiger partial charge on any atom is 0.225 e. The van der Waals surface area contributed by atoms with Gasteiger partial charge >= 0.3 is 0 Å². The molecular weight excluding hydrogens is 404 g/mol. The van der Waals surface area contributed by atoms with Crippen LogP contribution >= 0.6 is 11.6 Å². The first-order valence-corrected chi connectivity index (χ1v) is 11.3. The Labute approximate surface area is 184 Å². The predicted molar refractivity (Wildman–Crippen MR) is 117 cm³/mol. The standard InChI is InChI=1S/C23H33ClN2O4/c1-16-13-20(6-7-21(16)24)29-12-4-5-22(27)25-10-8-19(9-11-25)23(28)26-14-17(2)30-18(3)15-26/h6-7,13,17-19H,4-5,8-12,14-15H2,1-3H3. The lowest BCUT2D eigenvalue weighted by atomic mass is 9.94. The number of hydrogen-bond donors (Lipinski definition) is 0. The van der Waals surface area contributed by atoms with Crippen LogP contribution in [0.25, 0.3) is 0 Å². The minimum atomic E-state index is 0.0167. The second-order valence-electron chi connectivity index (χ2n) is 8.52. The van der Waals surface area contributed by atoms with Gasteiger partial charge in [-0.1, -0.05) is 11.6 Å². The molecule has 1 aromatic rings.